The van der Waals surface area contributed by atoms with E-state index in [1.54, 1.807) is 6.07 Å². The lowest BCUT2D eigenvalue weighted by Crippen LogP contribution is -2.22. The first-order valence-electron chi connectivity index (χ1n) is 5.41. The number of benzene rings is 1. The third-order valence-electron chi connectivity index (χ3n) is 3.60. The molecule has 0 spiro atoms. The predicted molar refractivity (Wildman–Crippen MR) is 55.6 cm³/mol. The number of hydrogen-bond donors (Lipinski definition) is 1. The summed E-state index contributed by atoms with van der Waals surface area (Å²) < 4.78 is 19.3. The van der Waals surface area contributed by atoms with Crippen molar-refractivity contribution in [1.82, 2.24) is 0 Å². The minimum Gasteiger partial charge on any atom is -0.493 e. The Morgan fingerprint density at radius 3 is 2.87 bits per heavy atom. The number of nitrogens with two attached hydrogens (primary N) is 1. The van der Waals surface area contributed by atoms with Crippen LogP contribution in [0.4, 0.5) is 4.39 Å². The number of halogens is 1. The first-order valence-corrected chi connectivity index (χ1v) is 5.41. The van der Waals surface area contributed by atoms with Gasteiger partial charge in [-0.15, -0.1) is 0 Å². The zero-order chi connectivity index (χ0) is 10.5. The summed E-state index contributed by atoms with van der Waals surface area (Å²) in [6, 6.07) is 3.24. The zero-order valence-electron chi connectivity index (χ0n) is 8.55. The maximum Gasteiger partial charge on any atom is 0.127 e. The van der Waals surface area contributed by atoms with Gasteiger partial charge in [0.2, 0.25) is 0 Å². The van der Waals surface area contributed by atoms with E-state index in [-0.39, 0.29) is 11.2 Å². The van der Waals surface area contributed by atoms with E-state index >= 15 is 0 Å². The third kappa shape index (κ3) is 1.19. The Morgan fingerprint density at radius 1 is 1.40 bits per heavy atom. The standard InChI is InChI=1S/C12H14FNO/c13-9-1-2-10-8(3-6-15-10)11(9)12(7-14)4-5-12/h1-2H,3-7,14H2. The SMILES string of the molecule is NCC1(c2c(F)ccc3c2CCO3)CC1. The molecule has 3 rings (SSSR count). The van der Waals surface area contributed by atoms with E-state index in [0.717, 1.165) is 36.1 Å². The first-order chi connectivity index (χ1) is 7.27. The van der Waals surface area contributed by atoms with E-state index in [4.69, 9.17) is 10.5 Å². The number of fused-ring (bicyclic) bond motifs is 1. The Labute approximate surface area is 88.2 Å². The van der Waals surface area contributed by atoms with Crippen LogP contribution in [0.5, 0.6) is 5.75 Å². The molecule has 1 aromatic carbocycles. The van der Waals surface area contributed by atoms with Crippen LogP contribution in [0.15, 0.2) is 12.1 Å². The van der Waals surface area contributed by atoms with Crippen LogP contribution in [0.2, 0.25) is 0 Å². The normalized spacial score (nSPS) is 20.9. The van der Waals surface area contributed by atoms with Gasteiger partial charge in [0, 0.05) is 29.5 Å². The zero-order valence-corrected chi connectivity index (χ0v) is 8.55. The van der Waals surface area contributed by atoms with Crippen LogP contribution in [0, 0.1) is 5.82 Å². The summed E-state index contributed by atoms with van der Waals surface area (Å²) in [6.07, 6.45) is 2.85. The molecule has 0 atom stereocenters. The molecule has 0 bridgehead atoms. The molecule has 15 heavy (non-hydrogen) atoms. The van der Waals surface area contributed by atoms with Crippen LogP contribution >= 0.6 is 0 Å². The fourth-order valence-electron chi connectivity index (χ4n) is 2.53. The van der Waals surface area contributed by atoms with Crippen LogP contribution in [0.25, 0.3) is 0 Å². The van der Waals surface area contributed by atoms with Crippen LogP contribution in [-0.4, -0.2) is 13.2 Å². The summed E-state index contributed by atoms with van der Waals surface area (Å²) >= 11 is 0. The Balaban J connectivity index is 2.17. The lowest BCUT2D eigenvalue weighted by molar-refractivity contribution is 0.356. The fourth-order valence-corrected chi connectivity index (χ4v) is 2.53. The van der Waals surface area contributed by atoms with Crippen LogP contribution in [0.1, 0.15) is 24.0 Å². The van der Waals surface area contributed by atoms with Gasteiger partial charge in [-0.1, -0.05) is 0 Å². The molecule has 2 N–H and O–H groups in total. The minimum atomic E-state index is -0.109. The molecule has 0 amide bonds. The predicted octanol–water partition coefficient (Wildman–Crippen LogP) is 1.75. The van der Waals surface area contributed by atoms with Crippen molar-refractivity contribution in [3.8, 4) is 5.75 Å². The Morgan fingerprint density at radius 2 is 2.20 bits per heavy atom. The maximum atomic E-state index is 13.9. The topological polar surface area (TPSA) is 35.2 Å². The van der Waals surface area contributed by atoms with Crippen molar-refractivity contribution in [3.63, 3.8) is 0 Å². The molecule has 2 aliphatic rings. The van der Waals surface area contributed by atoms with Gasteiger partial charge in [0.1, 0.15) is 11.6 Å². The summed E-state index contributed by atoms with van der Waals surface area (Å²) in [6.45, 7) is 1.22. The van der Waals surface area contributed by atoms with Gasteiger partial charge in [0.15, 0.2) is 0 Å². The molecule has 1 aliphatic heterocycles. The van der Waals surface area contributed by atoms with Gasteiger partial charge < -0.3 is 10.5 Å². The molecule has 0 unspecified atom stereocenters. The number of hydrogen-bond acceptors (Lipinski definition) is 2. The van der Waals surface area contributed by atoms with Crippen molar-refractivity contribution in [3.05, 3.63) is 29.1 Å². The van der Waals surface area contributed by atoms with Crippen molar-refractivity contribution >= 4 is 0 Å². The smallest absolute Gasteiger partial charge is 0.127 e. The molecule has 2 nitrogen and oxygen atoms in total. The van der Waals surface area contributed by atoms with Crippen LogP contribution in [0.3, 0.4) is 0 Å². The molecule has 0 radical (unpaired) electrons. The largest absolute Gasteiger partial charge is 0.493 e. The first kappa shape index (κ1) is 9.16. The lowest BCUT2D eigenvalue weighted by Gasteiger charge is -2.17. The van der Waals surface area contributed by atoms with Crippen molar-refractivity contribution in [2.24, 2.45) is 5.73 Å². The highest BCUT2D eigenvalue weighted by Crippen LogP contribution is 2.51. The minimum absolute atomic E-state index is 0.0802. The molecule has 0 saturated heterocycles. The van der Waals surface area contributed by atoms with Crippen molar-refractivity contribution in [2.75, 3.05) is 13.2 Å². The Hall–Kier alpha value is -1.09. The molecular formula is C12H14FNO. The van der Waals surface area contributed by atoms with E-state index < -0.39 is 0 Å². The van der Waals surface area contributed by atoms with E-state index in [1.165, 1.54) is 6.07 Å². The molecule has 1 saturated carbocycles. The van der Waals surface area contributed by atoms with Gasteiger partial charge in [-0.25, -0.2) is 4.39 Å². The molecule has 1 heterocycles. The van der Waals surface area contributed by atoms with Crippen molar-refractivity contribution < 1.29 is 9.13 Å². The summed E-state index contributed by atoms with van der Waals surface area (Å²) in [7, 11) is 0. The lowest BCUT2D eigenvalue weighted by atomic mass is 9.89. The summed E-state index contributed by atoms with van der Waals surface area (Å²) in [5.74, 6) is 0.744. The van der Waals surface area contributed by atoms with Crippen LogP contribution < -0.4 is 10.5 Å². The second-order valence-corrected chi connectivity index (χ2v) is 4.48. The van der Waals surface area contributed by atoms with E-state index in [1.807, 2.05) is 0 Å². The summed E-state index contributed by atoms with van der Waals surface area (Å²) in [5, 5.41) is 0. The van der Waals surface area contributed by atoms with Crippen molar-refractivity contribution in [1.29, 1.82) is 0 Å². The average Bonchev–Trinajstić information content (AvgIpc) is 2.88. The summed E-state index contributed by atoms with van der Waals surface area (Å²) in [4.78, 5) is 0. The molecule has 1 aliphatic carbocycles. The second kappa shape index (κ2) is 2.95. The van der Waals surface area contributed by atoms with Gasteiger partial charge in [-0.3, -0.25) is 0 Å². The van der Waals surface area contributed by atoms with E-state index in [2.05, 4.69) is 0 Å². The molecular weight excluding hydrogens is 193 g/mol. The second-order valence-electron chi connectivity index (χ2n) is 4.48. The van der Waals surface area contributed by atoms with Gasteiger partial charge in [0.05, 0.1) is 6.61 Å². The monoisotopic (exact) mass is 207 g/mol. The van der Waals surface area contributed by atoms with Crippen LogP contribution in [-0.2, 0) is 11.8 Å². The third-order valence-corrected chi connectivity index (χ3v) is 3.60. The number of rotatable bonds is 2. The average molecular weight is 207 g/mol. The summed E-state index contributed by atoms with van der Waals surface area (Å²) in [5.41, 5.74) is 7.56. The molecule has 1 aromatic rings. The van der Waals surface area contributed by atoms with Crippen molar-refractivity contribution in [2.45, 2.75) is 24.7 Å². The van der Waals surface area contributed by atoms with E-state index in [9.17, 15) is 4.39 Å². The maximum absolute atomic E-state index is 13.9. The molecule has 1 fully saturated rings. The highest BCUT2D eigenvalue weighted by molar-refractivity contribution is 5.49. The number of ether oxygens (including phenoxy) is 1. The highest BCUT2D eigenvalue weighted by atomic mass is 19.1. The van der Waals surface area contributed by atoms with Gasteiger partial charge in [-0.05, 0) is 25.0 Å². The van der Waals surface area contributed by atoms with Gasteiger partial charge in [-0.2, -0.15) is 0 Å². The Kier molecular flexibility index (Phi) is 1.80. The highest BCUT2D eigenvalue weighted by Gasteiger charge is 2.47. The fraction of sp³-hybridized carbons (Fsp3) is 0.500. The molecule has 80 valence electrons. The van der Waals surface area contributed by atoms with E-state index in [0.29, 0.717) is 13.2 Å². The molecule has 3 heteroatoms. The Bertz CT molecular complexity index is 412. The quantitative estimate of drug-likeness (QED) is 0.801. The van der Waals surface area contributed by atoms with Gasteiger partial charge in [0.25, 0.3) is 0 Å². The van der Waals surface area contributed by atoms with Gasteiger partial charge >= 0.3 is 0 Å². The molecule has 0 aromatic heterocycles.